The fourth-order valence-electron chi connectivity index (χ4n) is 3.07. The van der Waals surface area contributed by atoms with Crippen LogP contribution in [-0.2, 0) is 11.3 Å². The molecular formula is C20H20ClN3O3. The maximum absolute atomic E-state index is 12.5. The Balaban J connectivity index is 1.36. The number of carbonyl (C=O) groups is 1. The summed E-state index contributed by atoms with van der Waals surface area (Å²) in [4.78, 5) is 16.9. The van der Waals surface area contributed by atoms with Gasteiger partial charge in [-0.05, 0) is 43.2 Å². The van der Waals surface area contributed by atoms with Crippen LogP contribution in [0.3, 0.4) is 0 Å². The molecule has 1 aromatic carbocycles. The maximum Gasteiger partial charge on any atom is 0.251 e. The summed E-state index contributed by atoms with van der Waals surface area (Å²) in [6.07, 6.45) is 5.87. The number of fused-ring (bicyclic) bond motifs is 1. The summed E-state index contributed by atoms with van der Waals surface area (Å²) in [5.41, 5.74) is 2.09. The molecule has 0 aliphatic carbocycles. The van der Waals surface area contributed by atoms with Gasteiger partial charge in [0.25, 0.3) is 5.91 Å². The number of nitrogens with zero attached hydrogens (tertiary/aromatic N) is 2. The van der Waals surface area contributed by atoms with Gasteiger partial charge in [0.05, 0.1) is 23.4 Å². The molecule has 27 heavy (non-hydrogen) atoms. The molecule has 3 heterocycles. The Morgan fingerprint density at radius 1 is 1.33 bits per heavy atom. The molecule has 0 radical (unpaired) electrons. The van der Waals surface area contributed by atoms with Crippen molar-refractivity contribution < 1.29 is 14.3 Å². The Labute approximate surface area is 162 Å². The number of hydrogen-bond donors (Lipinski definition) is 1. The highest BCUT2D eigenvalue weighted by Gasteiger charge is 2.16. The molecule has 1 amide bonds. The first-order valence-electron chi connectivity index (χ1n) is 8.93. The van der Waals surface area contributed by atoms with Crippen molar-refractivity contribution in [3.63, 3.8) is 0 Å². The number of rotatable bonds is 6. The van der Waals surface area contributed by atoms with Crippen LogP contribution in [0.1, 0.15) is 28.9 Å². The van der Waals surface area contributed by atoms with Crippen molar-refractivity contribution in [2.24, 2.45) is 0 Å². The number of pyridine rings is 1. The van der Waals surface area contributed by atoms with Crippen LogP contribution in [-0.4, -0.2) is 34.6 Å². The Morgan fingerprint density at radius 3 is 3.11 bits per heavy atom. The van der Waals surface area contributed by atoms with Crippen LogP contribution in [0.25, 0.3) is 5.65 Å². The first-order chi connectivity index (χ1) is 13.2. The number of amides is 1. The van der Waals surface area contributed by atoms with Crippen LogP contribution >= 0.6 is 11.6 Å². The summed E-state index contributed by atoms with van der Waals surface area (Å²) in [5, 5.41) is 3.52. The lowest BCUT2D eigenvalue weighted by Gasteiger charge is -2.12. The SMILES string of the molecule is O=C(NCc1cn2cc(Cl)ccc2n1)c1cccc(OCC2CCCO2)c1. The second kappa shape index (κ2) is 7.98. The largest absolute Gasteiger partial charge is 0.491 e. The van der Waals surface area contributed by atoms with Crippen molar-refractivity contribution in [1.82, 2.24) is 14.7 Å². The van der Waals surface area contributed by atoms with Gasteiger partial charge in [0, 0.05) is 24.6 Å². The van der Waals surface area contributed by atoms with E-state index in [4.69, 9.17) is 21.1 Å². The molecule has 0 spiro atoms. The second-order valence-corrected chi connectivity index (χ2v) is 6.94. The highest BCUT2D eigenvalue weighted by Crippen LogP contribution is 2.17. The predicted octanol–water partition coefficient (Wildman–Crippen LogP) is 3.48. The number of nitrogens with one attached hydrogen (secondary N) is 1. The summed E-state index contributed by atoms with van der Waals surface area (Å²) in [5.74, 6) is 0.494. The van der Waals surface area contributed by atoms with E-state index in [9.17, 15) is 4.79 Å². The Bertz CT molecular complexity index is 951. The van der Waals surface area contributed by atoms with Gasteiger partial charge in [-0.2, -0.15) is 0 Å². The number of hydrogen-bond acceptors (Lipinski definition) is 4. The van der Waals surface area contributed by atoms with Crippen LogP contribution in [0.4, 0.5) is 0 Å². The Morgan fingerprint density at radius 2 is 2.26 bits per heavy atom. The quantitative estimate of drug-likeness (QED) is 0.705. The molecule has 7 heteroatoms. The number of benzene rings is 1. The summed E-state index contributed by atoms with van der Waals surface area (Å²) in [6, 6.07) is 10.8. The van der Waals surface area contributed by atoms with Gasteiger partial charge in [-0.3, -0.25) is 4.79 Å². The van der Waals surface area contributed by atoms with Crippen LogP contribution in [0.15, 0.2) is 48.8 Å². The van der Waals surface area contributed by atoms with Crippen molar-refractivity contribution in [2.45, 2.75) is 25.5 Å². The summed E-state index contributed by atoms with van der Waals surface area (Å²) in [7, 11) is 0. The van der Waals surface area contributed by atoms with Crippen LogP contribution < -0.4 is 10.1 Å². The van der Waals surface area contributed by atoms with E-state index in [1.807, 2.05) is 28.8 Å². The van der Waals surface area contributed by atoms with Crippen LogP contribution in [0.2, 0.25) is 5.02 Å². The molecule has 4 rings (SSSR count). The highest BCUT2D eigenvalue weighted by atomic mass is 35.5. The van der Waals surface area contributed by atoms with E-state index < -0.39 is 0 Å². The Hall–Kier alpha value is -2.57. The lowest BCUT2D eigenvalue weighted by Crippen LogP contribution is -2.23. The molecule has 1 fully saturated rings. The molecule has 6 nitrogen and oxygen atoms in total. The smallest absolute Gasteiger partial charge is 0.251 e. The van der Waals surface area contributed by atoms with E-state index in [1.54, 1.807) is 24.4 Å². The van der Waals surface area contributed by atoms with E-state index in [0.29, 0.717) is 29.5 Å². The van der Waals surface area contributed by atoms with Crippen molar-refractivity contribution in [3.8, 4) is 5.75 Å². The minimum Gasteiger partial charge on any atom is -0.491 e. The minimum atomic E-state index is -0.173. The Kier molecular flexibility index (Phi) is 5.27. The molecule has 1 aliphatic rings. The van der Waals surface area contributed by atoms with Gasteiger partial charge >= 0.3 is 0 Å². The van der Waals surface area contributed by atoms with Gasteiger partial charge in [-0.15, -0.1) is 0 Å². The number of halogens is 1. The minimum absolute atomic E-state index is 0.144. The molecule has 3 aromatic rings. The monoisotopic (exact) mass is 385 g/mol. The standard InChI is InChI=1S/C20H20ClN3O3/c21-15-6-7-19-23-16(12-24(19)11-15)10-22-20(25)14-3-1-4-17(9-14)27-13-18-5-2-8-26-18/h1,3-4,6-7,9,11-12,18H,2,5,8,10,13H2,(H,22,25). The van der Waals surface area contributed by atoms with E-state index in [-0.39, 0.29) is 12.0 Å². The third kappa shape index (κ3) is 4.40. The molecule has 1 saturated heterocycles. The van der Waals surface area contributed by atoms with Gasteiger partial charge in [0.1, 0.15) is 18.0 Å². The van der Waals surface area contributed by atoms with Gasteiger partial charge in [0.15, 0.2) is 0 Å². The predicted molar refractivity (Wildman–Crippen MR) is 102 cm³/mol. The average Bonchev–Trinajstić information content (AvgIpc) is 3.33. The van der Waals surface area contributed by atoms with Crippen LogP contribution in [0, 0.1) is 0 Å². The molecule has 0 saturated carbocycles. The van der Waals surface area contributed by atoms with E-state index in [2.05, 4.69) is 10.3 Å². The van der Waals surface area contributed by atoms with E-state index in [0.717, 1.165) is 30.8 Å². The van der Waals surface area contributed by atoms with Gasteiger partial charge in [-0.25, -0.2) is 4.98 Å². The van der Waals surface area contributed by atoms with Crippen LogP contribution in [0.5, 0.6) is 5.75 Å². The summed E-state index contributed by atoms with van der Waals surface area (Å²) < 4.78 is 13.1. The van der Waals surface area contributed by atoms with Crippen molar-refractivity contribution >= 4 is 23.2 Å². The molecule has 1 unspecified atom stereocenters. The zero-order valence-corrected chi connectivity index (χ0v) is 15.5. The fraction of sp³-hybridized carbons (Fsp3) is 0.300. The van der Waals surface area contributed by atoms with Crippen molar-refractivity contribution in [3.05, 3.63) is 65.1 Å². The third-order valence-electron chi connectivity index (χ3n) is 4.45. The van der Waals surface area contributed by atoms with Crippen molar-refractivity contribution in [2.75, 3.05) is 13.2 Å². The molecule has 2 aromatic heterocycles. The van der Waals surface area contributed by atoms with E-state index in [1.165, 1.54) is 0 Å². The number of ether oxygens (including phenoxy) is 2. The zero-order valence-electron chi connectivity index (χ0n) is 14.7. The van der Waals surface area contributed by atoms with Gasteiger partial charge in [-0.1, -0.05) is 17.7 Å². The molecule has 1 N–H and O–H groups in total. The first-order valence-corrected chi connectivity index (χ1v) is 9.31. The lowest BCUT2D eigenvalue weighted by atomic mass is 10.2. The summed E-state index contributed by atoms with van der Waals surface area (Å²) in [6.45, 7) is 1.64. The number of imidazole rings is 1. The normalized spacial score (nSPS) is 16.6. The third-order valence-corrected chi connectivity index (χ3v) is 4.67. The highest BCUT2D eigenvalue weighted by molar-refractivity contribution is 6.30. The first kappa shape index (κ1) is 17.8. The second-order valence-electron chi connectivity index (χ2n) is 6.50. The maximum atomic E-state index is 12.5. The van der Waals surface area contributed by atoms with Gasteiger partial charge in [0.2, 0.25) is 0 Å². The van der Waals surface area contributed by atoms with E-state index >= 15 is 0 Å². The molecule has 1 aliphatic heterocycles. The average molecular weight is 386 g/mol. The number of aromatic nitrogens is 2. The topological polar surface area (TPSA) is 64.9 Å². The zero-order chi connectivity index (χ0) is 18.6. The fourth-order valence-corrected chi connectivity index (χ4v) is 3.24. The van der Waals surface area contributed by atoms with Gasteiger partial charge < -0.3 is 19.2 Å². The van der Waals surface area contributed by atoms with Crippen molar-refractivity contribution in [1.29, 1.82) is 0 Å². The molecular weight excluding hydrogens is 366 g/mol. The molecule has 0 bridgehead atoms. The lowest BCUT2D eigenvalue weighted by molar-refractivity contribution is 0.0679. The molecule has 1 atom stereocenters. The summed E-state index contributed by atoms with van der Waals surface area (Å²) >= 11 is 5.98. The number of carbonyl (C=O) groups excluding carboxylic acids is 1. The molecule has 140 valence electrons.